The molecule has 9 heavy (non-hydrogen) atoms. The monoisotopic (exact) mass is 206 g/mol. The zero-order valence-corrected chi connectivity index (χ0v) is 7.93. The van der Waals surface area contributed by atoms with Crippen molar-refractivity contribution in [1.82, 2.24) is 0 Å². The maximum atomic E-state index is 9.39. The van der Waals surface area contributed by atoms with E-state index < -0.39 is 16.6 Å². The first-order chi connectivity index (χ1) is 3.42. The van der Waals surface area contributed by atoms with Crippen LogP contribution in [0.1, 0.15) is 0 Å². The second kappa shape index (κ2) is 3.76. The molecule has 0 aliphatic carbocycles. The van der Waals surface area contributed by atoms with Crippen LogP contribution in [0.2, 0.25) is 0 Å². The molecule has 0 aliphatic heterocycles. The summed E-state index contributed by atoms with van der Waals surface area (Å²) in [6, 6.07) is 0. The molecule has 0 rings (SSSR count). The first-order valence-electron chi connectivity index (χ1n) is 1.31. The summed E-state index contributed by atoms with van der Waals surface area (Å²) in [5, 5.41) is 7.49. The molecule has 0 amide bonds. The Kier molecular flexibility index (Phi) is 4.84. The number of carbonyl (C=O) groups is 1. The zero-order chi connectivity index (χ0) is 6.78. The number of hydrogen-bond donors (Lipinski definition) is 2. The SMILES string of the molecule is O=C(O)OS(=O)(=O)O.[Zn]. The minimum Gasteiger partial charge on any atom is -0.449 e. The van der Waals surface area contributed by atoms with Crippen molar-refractivity contribution in [1.29, 1.82) is 0 Å². The minimum absolute atomic E-state index is 0. The van der Waals surface area contributed by atoms with Crippen molar-refractivity contribution in [2.45, 2.75) is 0 Å². The third-order valence-corrected chi connectivity index (χ3v) is 0.530. The predicted octanol–water partition coefficient (Wildman–Crippen LogP) is -0.519. The van der Waals surface area contributed by atoms with Crippen molar-refractivity contribution >= 4 is 16.6 Å². The first kappa shape index (κ1) is 11.6. The van der Waals surface area contributed by atoms with E-state index in [2.05, 4.69) is 4.18 Å². The standard InChI is InChI=1S/CH2O6S.Zn/c2-1(3)7-8(4,5)6;/h(H,2,3)(H,4,5,6);. The smallest absolute Gasteiger partial charge is 0.449 e. The Bertz CT molecular complexity index is 179. The van der Waals surface area contributed by atoms with E-state index in [1.807, 2.05) is 0 Å². The molecule has 0 saturated heterocycles. The first-order valence-corrected chi connectivity index (χ1v) is 2.68. The summed E-state index contributed by atoms with van der Waals surface area (Å²) in [5.74, 6) is 0. The maximum absolute atomic E-state index is 9.39. The van der Waals surface area contributed by atoms with Gasteiger partial charge in [-0.25, -0.2) is 4.79 Å². The summed E-state index contributed by atoms with van der Waals surface area (Å²) in [6.07, 6.45) is -2.06. The molecule has 50 valence electrons. The molecule has 0 fully saturated rings. The number of hydrogen-bond acceptors (Lipinski definition) is 4. The van der Waals surface area contributed by atoms with Gasteiger partial charge in [-0.15, -0.1) is 0 Å². The normalized spacial score (nSPS) is 9.44. The van der Waals surface area contributed by atoms with E-state index in [0.29, 0.717) is 0 Å². The molecule has 2 N–H and O–H groups in total. The van der Waals surface area contributed by atoms with Gasteiger partial charge < -0.3 is 5.11 Å². The van der Waals surface area contributed by atoms with Gasteiger partial charge in [-0.2, -0.15) is 8.42 Å². The van der Waals surface area contributed by atoms with Crippen LogP contribution in [0.4, 0.5) is 4.79 Å². The molecule has 0 radical (unpaired) electrons. The fraction of sp³-hybridized carbons (Fsp3) is 0. The van der Waals surface area contributed by atoms with Crippen LogP contribution >= 0.6 is 0 Å². The van der Waals surface area contributed by atoms with Crippen molar-refractivity contribution in [3.63, 3.8) is 0 Å². The van der Waals surface area contributed by atoms with Crippen molar-refractivity contribution < 1.29 is 46.5 Å². The van der Waals surface area contributed by atoms with Gasteiger partial charge in [0.2, 0.25) is 0 Å². The predicted molar refractivity (Wildman–Crippen MR) is 20.7 cm³/mol. The number of rotatable bonds is 1. The summed E-state index contributed by atoms with van der Waals surface area (Å²) in [7, 11) is -4.82. The molecule has 0 spiro atoms. The van der Waals surface area contributed by atoms with Gasteiger partial charge >= 0.3 is 16.6 Å². The fourth-order valence-electron chi connectivity index (χ4n) is 0.0901. The van der Waals surface area contributed by atoms with Crippen LogP contribution in [0.5, 0.6) is 0 Å². The van der Waals surface area contributed by atoms with Gasteiger partial charge in [0.15, 0.2) is 0 Å². The average Bonchev–Trinajstić information content (AvgIpc) is 1.21. The van der Waals surface area contributed by atoms with E-state index in [4.69, 9.17) is 9.66 Å². The second-order valence-corrected chi connectivity index (χ2v) is 1.80. The van der Waals surface area contributed by atoms with E-state index in [-0.39, 0.29) is 19.5 Å². The quantitative estimate of drug-likeness (QED) is 0.443. The minimum atomic E-state index is -4.82. The Hall–Kier alpha value is -0.197. The van der Waals surface area contributed by atoms with Crippen LogP contribution in [0.25, 0.3) is 0 Å². The van der Waals surface area contributed by atoms with Crippen LogP contribution in [0.15, 0.2) is 0 Å². The molecule has 0 aromatic heterocycles. The van der Waals surface area contributed by atoms with Crippen LogP contribution in [-0.2, 0) is 34.1 Å². The largest absolute Gasteiger partial charge is 0.523 e. The molecule has 0 unspecified atom stereocenters. The van der Waals surface area contributed by atoms with Gasteiger partial charge in [-0.3, -0.25) is 8.74 Å². The van der Waals surface area contributed by atoms with Crippen molar-refractivity contribution in [3.05, 3.63) is 0 Å². The summed E-state index contributed by atoms with van der Waals surface area (Å²) in [6.45, 7) is 0. The van der Waals surface area contributed by atoms with Crippen molar-refractivity contribution in [2.24, 2.45) is 0 Å². The Balaban J connectivity index is 0. The van der Waals surface area contributed by atoms with Gasteiger partial charge in [0.1, 0.15) is 0 Å². The molecule has 8 heteroatoms. The Morgan fingerprint density at radius 1 is 1.44 bits per heavy atom. The molecular weight excluding hydrogens is 205 g/mol. The summed E-state index contributed by atoms with van der Waals surface area (Å²) in [4.78, 5) is 9.25. The second-order valence-electron chi connectivity index (χ2n) is 0.777. The molecule has 0 bridgehead atoms. The van der Waals surface area contributed by atoms with Gasteiger partial charge in [0.25, 0.3) is 0 Å². The third-order valence-electron chi connectivity index (χ3n) is 0.177. The Labute approximate surface area is 63.5 Å². The average molecular weight is 207 g/mol. The van der Waals surface area contributed by atoms with E-state index in [1.165, 1.54) is 0 Å². The Morgan fingerprint density at radius 3 is 1.78 bits per heavy atom. The Morgan fingerprint density at radius 2 is 1.78 bits per heavy atom. The van der Waals surface area contributed by atoms with Crippen LogP contribution in [0, 0.1) is 0 Å². The maximum Gasteiger partial charge on any atom is 0.523 e. The van der Waals surface area contributed by atoms with Crippen LogP contribution in [0.3, 0.4) is 0 Å². The van der Waals surface area contributed by atoms with Crippen molar-refractivity contribution in [2.75, 3.05) is 0 Å². The third kappa shape index (κ3) is 11.4. The van der Waals surface area contributed by atoms with Gasteiger partial charge in [0.05, 0.1) is 0 Å². The zero-order valence-electron chi connectivity index (χ0n) is 4.14. The van der Waals surface area contributed by atoms with Crippen molar-refractivity contribution in [3.8, 4) is 0 Å². The molecule has 0 heterocycles. The molecule has 6 nitrogen and oxygen atoms in total. The van der Waals surface area contributed by atoms with Crippen LogP contribution in [-0.4, -0.2) is 24.2 Å². The van der Waals surface area contributed by atoms with E-state index >= 15 is 0 Å². The summed E-state index contributed by atoms with van der Waals surface area (Å²) >= 11 is 0. The van der Waals surface area contributed by atoms with Gasteiger partial charge in [-0.1, -0.05) is 0 Å². The van der Waals surface area contributed by atoms with E-state index in [1.54, 1.807) is 0 Å². The molecule has 0 aliphatic rings. The summed E-state index contributed by atoms with van der Waals surface area (Å²) in [5.41, 5.74) is 0. The van der Waals surface area contributed by atoms with Gasteiger partial charge in [0, 0.05) is 19.5 Å². The topological polar surface area (TPSA) is 101 Å². The molecular formula is CH2O6SZn. The van der Waals surface area contributed by atoms with E-state index in [9.17, 15) is 13.2 Å². The summed E-state index contributed by atoms with van der Waals surface area (Å²) < 4.78 is 29.2. The number of carboxylic acid groups (broad SMARTS) is 1. The fourth-order valence-corrected chi connectivity index (χ4v) is 0.270. The van der Waals surface area contributed by atoms with Crippen LogP contribution < -0.4 is 0 Å². The molecule has 0 atom stereocenters. The molecule has 0 saturated carbocycles. The van der Waals surface area contributed by atoms with Gasteiger partial charge in [-0.05, 0) is 0 Å². The molecule has 0 aromatic carbocycles. The van der Waals surface area contributed by atoms with E-state index in [0.717, 1.165) is 0 Å². The molecule has 0 aromatic rings.